The molecule has 0 fully saturated rings. The Kier molecular flexibility index (Phi) is 9.68. The van der Waals surface area contributed by atoms with E-state index < -0.39 is 17.8 Å². The van der Waals surface area contributed by atoms with E-state index in [1.807, 2.05) is 0 Å². The lowest BCUT2D eigenvalue weighted by Crippen LogP contribution is -2.18. The molecule has 39 heavy (non-hydrogen) atoms. The summed E-state index contributed by atoms with van der Waals surface area (Å²) in [5, 5.41) is 7.08. The Labute approximate surface area is 254 Å². The molecule has 0 saturated carbocycles. The smallest absolute Gasteiger partial charge is 0.343 e. The Morgan fingerprint density at radius 3 is 2.28 bits per heavy atom. The van der Waals surface area contributed by atoms with Gasteiger partial charge in [-0.05, 0) is 82.7 Å². The van der Waals surface area contributed by atoms with Crippen molar-refractivity contribution >= 4 is 89.1 Å². The van der Waals surface area contributed by atoms with Crippen LogP contribution in [0.2, 0.25) is 5.02 Å². The topological polar surface area (TPSA) is 96.9 Å². The van der Waals surface area contributed by atoms with E-state index in [4.69, 9.17) is 16.3 Å². The molecule has 11 heteroatoms. The van der Waals surface area contributed by atoms with Gasteiger partial charge in [0, 0.05) is 25.8 Å². The van der Waals surface area contributed by atoms with Gasteiger partial charge in [-0.15, -0.1) is 0 Å². The Balaban J connectivity index is 1.46. The van der Waals surface area contributed by atoms with E-state index in [2.05, 4.69) is 63.6 Å². The summed E-state index contributed by atoms with van der Waals surface area (Å²) < 4.78 is 7.67. The van der Waals surface area contributed by atoms with Gasteiger partial charge in [-0.25, -0.2) is 10.2 Å². The molecule has 0 heterocycles. The Morgan fingerprint density at radius 2 is 1.54 bits per heavy atom. The summed E-state index contributed by atoms with van der Waals surface area (Å²) in [7, 11) is 0. The molecule has 0 bridgehead atoms. The van der Waals surface area contributed by atoms with Gasteiger partial charge in [0.05, 0.1) is 26.8 Å². The van der Waals surface area contributed by atoms with Crippen LogP contribution in [0.15, 0.2) is 103 Å². The third-order valence-corrected chi connectivity index (χ3v) is 7.09. The number of carbonyl (C=O) groups excluding carboxylic acids is 3. The highest BCUT2D eigenvalue weighted by Crippen LogP contribution is 2.33. The number of ether oxygens (including phenoxy) is 1. The van der Waals surface area contributed by atoms with Gasteiger partial charge in [-0.2, -0.15) is 5.10 Å². The lowest BCUT2D eigenvalue weighted by atomic mass is 10.1. The van der Waals surface area contributed by atoms with E-state index in [1.165, 1.54) is 12.3 Å². The normalized spacial score (nSPS) is 10.8. The van der Waals surface area contributed by atoms with E-state index in [-0.39, 0.29) is 11.3 Å². The Bertz CT molecular complexity index is 1590. The molecule has 0 aliphatic carbocycles. The summed E-state index contributed by atoms with van der Waals surface area (Å²) in [4.78, 5) is 38.0. The monoisotopic (exact) mass is 731 g/mol. The number of hydrogen-bond acceptors (Lipinski definition) is 5. The van der Waals surface area contributed by atoms with Gasteiger partial charge >= 0.3 is 5.97 Å². The Hall–Kier alpha value is -3.31. The van der Waals surface area contributed by atoms with Crippen LogP contribution in [0, 0.1) is 0 Å². The number of anilines is 1. The molecule has 4 aromatic rings. The fourth-order valence-corrected chi connectivity index (χ4v) is 5.15. The lowest BCUT2D eigenvalue weighted by Gasteiger charge is -2.11. The highest BCUT2D eigenvalue weighted by Gasteiger charge is 2.16. The third-order valence-electron chi connectivity index (χ3n) is 5.18. The van der Waals surface area contributed by atoms with Gasteiger partial charge in [-0.3, -0.25) is 9.59 Å². The summed E-state index contributed by atoms with van der Waals surface area (Å²) in [5.74, 6) is -1.24. The van der Waals surface area contributed by atoms with Crippen molar-refractivity contribution in [3.63, 3.8) is 0 Å². The van der Waals surface area contributed by atoms with Crippen LogP contribution in [0.5, 0.6) is 5.75 Å². The SMILES string of the molecule is O=C(NN=Cc1cc(Br)cc(Br)c1OC(=O)c1ccc(Br)cc1)c1cccc(NC(=O)c2ccccc2Cl)c1. The molecule has 4 aromatic carbocycles. The summed E-state index contributed by atoms with van der Waals surface area (Å²) >= 11 is 16.2. The van der Waals surface area contributed by atoms with Crippen molar-refractivity contribution in [2.75, 3.05) is 5.32 Å². The first-order valence-corrected chi connectivity index (χ1v) is 13.9. The minimum atomic E-state index is -0.556. The highest BCUT2D eigenvalue weighted by molar-refractivity contribution is 9.11. The zero-order valence-corrected chi connectivity index (χ0v) is 25.3. The number of amides is 2. The minimum Gasteiger partial charge on any atom is -0.421 e. The second-order valence-electron chi connectivity index (χ2n) is 7.92. The molecular formula is C28H17Br3ClN3O4. The molecule has 0 aliphatic heterocycles. The standard InChI is InChI=1S/C28H17Br3ClN3O4/c29-19-10-8-16(9-11-19)28(38)39-25-18(12-20(30)14-23(25)31)15-33-35-26(36)17-4-3-5-21(13-17)34-27(37)22-6-1-2-7-24(22)32/h1-15H,(H,34,37)(H,35,36). The molecule has 2 amide bonds. The predicted molar refractivity (Wildman–Crippen MR) is 162 cm³/mol. The molecule has 0 atom stereocenters. The van der Waals surface area contributed by atoms with Crippen molar-refractivity contribution in [3.05, 3.63) is 126 Å². The number of nitrogens with one attached hydrogen (secondary N) is 2. The van der Waals surface area contributed by atoms with Crippen LogP contribution in [0.4, 0.5) is 5.69 Å². The van der Waals surface area contributed by atoms with E-state index in [0.717, 1.165) is 4.47 Å². The van der Waals surface area contributed by atoms with Gasteiger partial charge in [0.15, 0.2) is 5.75 Å². The number of halogens is 4. The number of esters is 1. The van der Waals surface area contributed by atoms with Crippen LogP contribution in [0.1, 0.15) is 36.6 Å². The Morgan fingerprint density at radius 1 is 0.795 bits per heavy atom. The van der Waals surface area contributed by atoms with Gasteiger partial charge in [0.25, 0.3) is 11.8 Å². The molecule has 0 radical (unpaired) electrons. The molecular weight excluding hydrogens is 717 g/mol. The van der Waals surface area contributed by atoms with Crippen molar-refractivity contribution in [1.82, 2.24) is 5.43 Å². The number of hydrazone groups is 1. The van der Waals surface area contributed by atoms with Crippen molar-refractivity contribution in [1.29, 1.82) is 0 Å². The number of benzene rings is 4. The first-order valence-electron chi connectivity index (χ1n) is 11.2. The van der Waals surface area contributed by atoms with Gasteiger partial charge in [0.2, 0.25) is 0 Å². The fourth-order valence-electron chi connectivity index (χ4n) is 3.33. The second-order valence-corrected chi connectivity index (χ2v) is 11.0. The third kappa shape index (κ3) is 7.63. The number of nitrogens with zero attached hydrogens (tertiary/aromatic N) is 1. The lowest BCUT2D eigenvalue weighted by molar-refractivity contribution is 0.0732. The van der Waals surface area contributed by atoms with Crippen LogP contribution >= 0.6 is 59.4 Å². The maximum atomic E-state index is 12.7. The van der Waals surface area contributed by atoms with Crippen molar-refractivity contribution in [2.24, 2.45) is 5.10 Å². The largest absolute Gasteiger partial charge is 0.421 e. The summed E-state index contributed by atoms with van der Waals surface area (Å²) in [6, 6.07) is 23.2. The molecule has 0 unspecified atom stereocenters. The van der Waals surface area contributed by atoms with Crippen molar-refractivity contribution in [3.8, 4) is 5.75 Å². The molecule has 0 spiro atoms. The van der Waals surface area contributed by atoms with E-state index in [0.29, 0.717) is 36.3 Å². The van der Waals surface area contributed by atoms with Crippen LogP contribution in [0.25, 0.3) is 0 Å². The summed E-state index contributed by atoms with van der Waals surface area (Å²) in [6.45, 7) is 0. The highest BCUT2D eigenvalue weighted by atomic mass is 79.9. The van der Waals surface area contributed by atoms with Crippen LogP contribution in [-0.2, 0) is 0 Å². The van der Waals surface area contributed by atoms with Crippen molar-refractivity contribution in [2.45, 2.75) is 0 Å². The van der Waals surface area contributed by atoms with E-state index in [1.54, 1.807) is 78.9 Å². The predicted octanol–water partition coefficient (Wildman–Crippen LogP) is 7.86. The second kappa shape index (κ2) is 13.2. The molecule has 7 nitrogen and oxygen atoms in total. The number of carbonyl (C=O) groups is 3. The first kappa shape index (κ1) is 28.7. The van der Waals surface area contributed by atoms with E-state index >= 15 is 0 Å². The molecule has 2 N–H and O–H groups in total. The quantitative estimate of drug-likeness (QED) is 0.0875. The first-order chi connectivity index (χ1) is 18.7. The van der Waals surface area contributed by atoms with Crippen LogP contribution in [-0.4, -0.2) is 24.0 Å². The molecule has 4 rings (SSSR count). The van der Waals surface area contributed by atoms with Gasteiger partial charge < -0.3 is 10.1 Å². The summed E-state index contributed by atoms with van der Waals surface area (Å²) in [5.41, 5.74) is 4.24. The van der Waals surface area contributed by atoms with Crippen LogP contribution < -0.4 is 15.5 Å². The summed E-state index contributed by atoms with van der Waals surface area (Å²) in [6.07, 6.45) is 1.36. The molecule has 0 saturated heterocycles. The van der Waals surface area contributed by atoms with E-state index in [9.17, 15) is 14.4 Å². The zero-order chi connectivity index (χ0) is 27.9. The maximum Gasteiger partial charge on any atom is 0.343 e. The van der Waals surface area contributed by atoms with Gasteiger partial charge in [-0.1, -0.05) is 61.7 Å². The average Bonchev–Trinajstić information content (AvgIpc) is 2.91. The average molecular weight is 735 g/mol. The molecule has 0 aromatic heterocycles. The number of hydrogen-bond donors (Lipinski definition) is 2. The molecule has 196 valence electrons. The number of rotatable bonds is 7. The fraction of sp³-hybridized carbons (Fsp3) is 0. The molecule has 0 aliphatic rings. The van der Waals surface area contributed by atoms with Crippen molar-refractivity contribution < 1.29 is 19.1 Å². The van der Waals surface area contributed by atoms with Crippen LogP contribution in [0.3, 0.4) is 0 Å². The minimum absolute atomic E-state index is 0.230. The zero-order valence-electron chi connectivity index (χ0n) is 19.8. The van der Waals surface area contributed by atoms with Gasteiger partial charge in [0.1, 0.15) is 0 Å². The maximum absolute atomic E-state index is 12.7.